The molecule has 3 aromatic rings. The van der Waals surface area contributed by atoms with E-state index in [2.05, 4.69) is 4.98 Å². The standard InChI is InChI=1S/C20H22N2O4S/c1-6-26-18(24)20(4,5)22-17(23)15-14(10-27-16(15)21-19(22)25)13-8-7-11(2)9-12(13)3/h7-10H,6H2,1-5H3,(H,21,25). The third-order valence-electron chi connectivity index (χ3n) is 4.64. The van der Waals surface area contributed by atoms with Gasteiger partial charge in [-0.2, -0.15) is 0 Å². The first kappa shape index (κ1) is 19.1. The number of aromatic nitrogens is 2. The molecule has 3 rings (SSSR count). The fourth-order valence-corrected chi connectivity index (χ4v) is 4.18. The van der Waals surface area contributed by atoms with E-state index < -0.39 is 22.8 Å². The molecular weight excluding hydrogens is 364 g/mol. The number of aromatic amines is 1. The molecule has 2 heterocycles. The fraction of sp³-hybridized carbons (Fsp3) is 0.350. The first-order valence-electron chi connectivity index (χ1n) is 8.70. The SMILES string of the molecule is CCOC(=O)C(C)(C)n1c(=O)[nH]c2scc(-c3ccc(C)cc3C)c2c1=O. The molecule has 0 fully saturated rings. The molecule has 142 valence electrons. The molecule has 0 radical (unpaired) electrons. The van der Waals surface area contributed by atoms with Crippen LogP contribution in [0.4, 0.5) is 0 Å². The lowest BCUT2D eigenvalue weighted by atomic mass is 9.99. The van der Waals surface area contributed by atoms with Crippen molar-refractivity contribution in [3.05, 3.63) is 55.5 Å². The van der Waals surface area contributed by atoms with Crippen LogP contribution < -0.4 is 11.2 Å². The second-order valence-corrected chi connectivity index (χ2v) is 7.90. The highest BCUT2D eigenvalue weighted by molar-refractivity contribution is 7.17. The van der Waals surface area contributed by atoms with Gasteiger partial charge in [-0.3, -0.25) is 9.78 Å². The minimum absolute atomic E-state index is 0.170. The van der Waals surface area contributed by atoms with Crippen LogP contribution in [-0.4, -0.2) is 22.1 Å². The maximum Gasteiger partial charge on any atom is 0.332 e. The van der Waals surface area contributed by atoms with Crippen LogP contribution in [0.3, 0.4) is 0 Å². The summed E-state index contributed by atoms with van der Waals surface area (Å²) in [6, 6.07) is 6.00. The second-order valence-electron chi connectivity index (χ2n) is 7.02. The third kappa shape index (κ3) is 3.12. The van der Waals surface area contributed by atoms with Gasteiger partial charge in [0.2, 0.25) is 0 Å². The van der Waals surface area contributed by atoms with Crippen LogP contribution in [0.25, 0.3) is 21.3 Å². The Kier molecular flexibility index (Phi) is 4.82. The summed E-state index contributed by atoms with van der Waals surface area (Å²) in [5, 5.41) is 2.27. The van der Waals surface area contributed by atoms with Crippen LogP contribution in [0, 0.1) is 13.8 Å². The highest BCUT2D eigenvalue weighted by atomic mass is 32.1. The van der Waals surface area contributed by atoms with Crippen LogP contribution in [0.5, 0.6) is 0 Å². The largest absolute Gasteiger partial charge is 0.464 e. The number of carbonyl (C=O) groups excluding carboxylic acids is 1. The molecule has 1 N–H and O–H groups in total. The Balaban J connectivity index is 2.32. The molecule has 1 aromatic carbocycles. The van der Waals surface area contributed by atoms with E-state index in [4.69, 9.17) is 4.74 Å². The number of benzene rings is 1. The Bertz CT molecular complexity index is 1150. The zero-order chi connectivity index (χ0) is 19.9. The van der Waals surface area contributed by atoms with Crippen molar-refractivity contribution in [2.75, 3.05) is 6.61 Å². The number of ether oxygens (including phenoxy) is 1. The Hall–Kier alpha value is -2.67. The first-order chi connectivity index (χ1) is 12.7. The highest BCUT2D eigenvalue weighted by Gasteiger charge is 2.35. The number of hydrogen-bond donors (Lipinski definition) is 1. The van der Waals surface area contributed by atoms with Gasteiger partial charge in [0.05, 0.1) is 12.0 Å². The van der Waals surface area contributed by atoms with Crippen LogP contribution in [-0.2, 0) is 15.1 Å². The summed E-state index contributed by atoms with van der Waals surface area (Å²) in [6.45, 7) is 8.87. The van der Waals surface area contributed by atoms with E-state index in [1.807, 2.05) is 37.4 Å². The zero-order valence-corrected chi connectivity index (χ0v) is 16.8. The molecule has 27 heavy (non-hydrogen) atoms. The topological polar surface area (TPSA) is 81.2 Å². The van der Waals surface area contributed by atoms with E-state index in [0.717, 1.165) is 26.8 Å². The van der Waals surface area contributed by atoms with E-state index in [1.54, 1.807) is 6.92 Å². The molecule has 0 bridgehead atoms. The number of fused-ring (bicyclic) bond motifs is 1. The highest BCUT2D eigenvalue weighted by Crippen LogP contribution is 2.33. The summed E-state index contributed by atoms with van der Waals surface area (Å²) >= 11 is 1.30. The monoisotopic (exact) mass is 386 g/mol. The Morgan fingerprint density at radius 3 is 2.56 bits per heavy atom. The fourth-order valence-electron chi connectivity index (χ4n) is 3.24. The van der Waals surface area contributed by atoms with Gasteiger partial charge >= 0.3 is 11.7 Å². The Morgan fingerprint density at radius 1 is 1.22 bits per heavy atom. The van der Waals surface area contributed by atoms with E-state index in [1.165, 1.54) is 25.2 Å². The molecule has 0 spiro atoms. The summed E-state index contributed by atoms with van der Waals surface area (Å²) in [7, 11) is 0. The van der Waals surface area contributed by atoms with Crippen molar-refractivity contribution < 1.29 is 9.53 Å². The summed E-state index contributed by atoms with van der Waals surface area (Å²) < 4.78 is 6.01. The number of thiophene rings is 1. The maximum atomic E-state index is 13.3. The zero-order valence-electron chi connectivity index (χ0n) is 16.0. The van der Waals surface area contributed by atoms with Crippen molar-refractivity contribution in [3.63, 3.8) is 0 Å². The average Bonchev–Trinajstić information content (AvgIpc) is 2.98. The number of aryl methyl sites for hydroxylation is 2. The molecule has 0 saturated heterocycles. The van der Waals surface area contributed by atoms with Crippen LogP contribution in [0.15, 0.2) is 33.2 Å². The molecular formula is C20H22N2O4S. The minimum atomic E-state index is -1.42. The lowest BCUT2D eigenvalue weighted by Crippen LogP contribution is -2.51. The van der Waals surface area contributed by atoms with E-state index in [-0.39, 0.29) is 6.61 Å². The van der Waals surface area contributed by atoms with Crippen molar-refractivity contribution in [2.24, 2.45) is 0 Å². The van der Waals surface area contributed by atoms with Gasteiger partial charge < -0.3 is 4.74 Å². The van der Waals surface area contributed by atoms with Gasteiger partial charge in [0, 0.05) is 10.9 Å². The van der Waals surface area contributed by atoms with Gasteiger partial charge in [-0.25, -0.2) is 14.2 Å². The number of rotatable bonds is 4. The van der Waals surface area contributed by atoms with Gasteiger partial charge in [-0.15, -0.1) is 11.3 Å². The number of nitrogens with zero attached hydrogens (tertiary/aromatic N) is 1. The molecule has 0 aliphatic carbocycles. The van der Waals surface area contributed by atoms with E-state index in [9.17, 15) is 14.4 Å². The van der Waals surface area contributed by atoms with Crippen LogP contribution >= 0.6 is 11.3 Å². The normalized spacial score (nSPS) is 11.7. The van der Waals surface area contributed by atoms with Crippen LogP contribution in [0.2, 0.25) is 0 Å². The first-order valence-corrected chi connectivity index (χ1v) is 9.58. The average molecular weight is 386 g/mol. The Morgan fingerprint density at radius 2 is 1.93 bits per heavy atom. The molecule has 0 unspecified atom stereocenters. The number of H-pyrrole nitrogens is 1. The van der Waals surface area contributed by atoms with Crippen molar-refractivity contribution >= 4 is 27.5 Å². The molecule has 0 amide bonds. The number of hydrogen-bond acceptors (Lipinski definition) is 5. The van der Waals surface area contributed by atoms with Gasteiger partial charge in [0.25, 0.3) is 5.56 Å². The predicted octanol–water partition coefficient (Wildman–Crippen LogP) is 3.33. The smallest absolute Gasteiger partial charge is 0.332 e. The van der Waals surface area contributed by atoms with Gasteiger partial charge in [-0.05, 0) is 45.7 Å². The molecule has 6 nitrogen and oxygen atoms in total. The van der Waals surface area contributed by atoms with Crippen molar-refractivity contribution in [1.29, 1.82) is 0 Å². The summed E-state index contributed by atoms with van der Waals surface area (Å²) in [5.41, 5.74) is 1.30. The van der Waals surface area contributed by atoms with E-state index in [0.29, 0.717) is 10.2 Å². The summed E-state index contributed by atoms with van der Waals surface area (Å²) in [5.74, 6) is -0.625. The Labute approximate surface area is 160 Å². The number of nitrogens with one attached hydrogen (secondary N) is 1. The predicted molar refractivity (Wildman–Crippen MR) is 108 cm³/mol. The quantitative estimate of drug-likeness (QED) is 0.698. The summed E-state index contributed by atoms with van der Waals surface area (Å²) in [4.78, 5) is 41.4. The molecule has 7 heteroatoms. The number of carbonyl (C=O) groups is 1. The summed E-state index contributed by atoms with van der Waals surface area (Å²) in [6.07, 6.45) is 0. The van der Waals surface area contributed by atoms with Crippen molar-refractivity contribution in [2.45, 2.75) is 40.2 Å². The number of esters is 1. The molecule has 0 aliphatic heterocycles. The molecule has 0 saturated carbocycles. The third-order valence-corrected chi connectivity index (χ3v) is 5.53. The molecule has 0 atom stereocenters. The van der Waals surface area contributed by atoms with Gasteiger partial charge in [0.1, 0.15) is 10.4 Å². The molecule has 2 aromatic heterocycles. The van der Waals surface area contributed by atoms with Crippen LogP contribution in [0.1, 0.15) is 31.9 Å². The minimum Gasteiger partial charge on any atom is -0.464 e. The maximum absolute atomic E-state index is 13.3. The van der Waals surface area contributed by atoms with Crippen molar-refractivity contribution in [3.8, 4) is 11.1 Å². The lowest BCUT2D eigenvalue weighted by molar-refractivity contribution is -0.152. The van der Waals surface area contributed by atoms with Gasteiger partial charge in [-0.1, -0.05) is 23.8 Å². The lowest BCUT2D eigenvalue weighted by Gasteiger charge is -2.24. The van der Waals surface area contributed by atoms with Crippen molar-refractivity contribution in [1.82, 2.24) is 9.55 Å². The second kappa shape index (κ2) is 6.81. The molecule has 0 aliphatic rings. The van der Waals surface area contributed by atoms with E-state index >= 15 is 0 Å². The van der Waals surface area contributed by atoms with Gasteiger partial charge in [0.15, 0.2) is 0 Å².